The van der Waals surface area contributed by atoms with Crippen LogP contribution in [0.15, 0.2) is 35.8 Å². The van der Waals surface area contributed by atoms with Crippen LogP contribution in [0.3, 0.4) is 0 Å². The molecule has 0 spiro atoms. The standard InChI is InChI=1S/C13H9ClFNO2S/c1-2-6-16-12(17)11(19-13(16)18)7-8-9(14)4-3-5-10(8)15/h2-5,7H,1,6H2. The van der Waals surface area contributed by atoms with E-state index in [2.05, 4.69) is 6.58 Å². The summed E-state index contributed by atoms with van der Waals surface area (Å²) >= 11 is 6.63. The summed E-state index contributed by atoms with van der Waals surface area (Å²) in [5, 5.41) is -0.209. The van der Waals surface area contributed by atoms with E-state index in [4.69, 9.17) is 11.6 Å². The maximum atomic E-state index is 13.6. The van der Waals surface area contributed by atoms with Crippen LogP contribution in [0.5, 0.6) is 0 Å². The van der Waals surface area contributed by atoms with Crippen molar-refractivity contribution < 1.29 is 14.0 Å². The topological polar surface area (TPSA) is 37.4 Å². The van der Waals surface area contributed by atoms with Crippen molar-refractivity contribution in [1.29, 1.82) is 0 Å². The van der Waals surface area contributed by atoms with Crippen LogP contribution in [-0.2, 0) is 4.79 Å². The number of rotatable bonds is 3. The van der Waals surface area contributed by atoms with Gasteiger partial charge in [0.05, 0.1) is 9.93 Å². The SMILES string of the molecule is C=CCN1C(=O)SC(=Cc2c(F)cccc2Cl)C1=O. The average molecular weight is 298 g/mol. The van der Waals surface area contributed by atoms with E-state index in [0.717, 1.165) is 16.7 Å². The quantitative estimate of drug-likeness (QED) is 0.630. The number of imide groups is 1. The molecule has 0 radical (unpaired) electrons. The lowest BCUT2D eigenvalue weighted by atomic mass is 10.2. The maximum Gasteiger partial charge on any atom is 0.293 e. The number of nitrogens with zero attached hydrogens (tertiary/aromatic N) is 1. The first kappa shape index (κ1) is 13.8. The third kappa shape index (κ3) is 2.72. The Morgan fingerprint density at radius 1 is 1.42 bits per heavy atom. The number of halogens is 2. The van der Waals surface area contributed by atoms with Gasteiger partial charge in [0.15, 0.2) is 0 Å². The number of hydrogen-bond acceptors (Lipinski definition) is 3. The van der Waals surface area contributed by atoms with Crippen LogP contribution in [-0.4, -0.2) is 22.6 Å². The average Bonchev–Trinajstić information content (AvgIpc) is 2.62. The molecule has 1 fully saturated rings. The Balaban J connectivity index is 2.38. The zero-order valence-electron chi connectivity index (χ0n) is 9.73. The predicted octanol–water partition coefficient (Wildman–Crippen LogP) is 3.70. The zero-order valence-corrected chi connectivity index (χ0v) is 11.3. The van der Waals surface area contributed by atoms with E-state index >= 15 is 0 Å². The van der Waals surface area contributed by atoms with E-state index in [0.29, 0.717) is 0 Å². The number of amides is 2. The van der Waals surface area contributed by atoms with Crippen LogP contribution in [0.1, 0.15) is 5.56 Å². The number of hydrogen-bond donors (Lipinski definition) is 0. The second-order valence-corrected chi connectivity index (χ2v) is 5.12. The molecule has 0 N–H and O–H groups in total. The Morgan fingerprint density at radius 3 is 2.79 bits per heavy atom. The maximum absolute atomic E-state index is 13.6. The van der Waals surface area contributed by atoms with Crippen LogP contribution < -0.4 is 0 Å². The van der Waals surface area contributed by atoms with Gasteiger partial charge in [0.2, 0.25) is 0 Å². The van der Waals surface area contributed by atoms with Crippen LogP contribution in [0.2, 0.25) is 5.02 Å². The first-order valence-corrected chi connectivity index (χ1v) is 6.54. The minimum Gasteiger partial charge on any atom is -0.268 e. The minimum atomic E-state index is -0.539. The van der Waals surface area contributed by atoms with E-state index in [9.17, 15) is 14.0 Å². The molecule has 0 saturated carbocycles. The van der Waals surface area contributed by atoms with Crippen molar-refractivity contribution in [3.63, 3.8) is 0 Å². The molecule has 0 bridgehead atoms. The minimum absolute atomic E-state index is 0.105. The van der Waals surface area contributed by atoms with E-state index in [1.807, 2.05) is 0 Å². The Bertz CT molecular complexity index is 580. The van der Waals surface area contributed by atoms with Gasteiger partial charge in [-0.3, -0.25) is 14.5 Å². The predicted molar refractivity (Wildman–Crippen MR) is 74.3 cm³/mol. The molecule has 1 saturated heterocycles. The molecule has 6 heteroatoms. The van der Waals surface area contributed by atoms with E-state index in [1.54, 1.807) is 0 Å². The van der Waals surface area contributed by atoms with Crippen LogP contribution in [0.4, 0.5) is 9.18 Å². The van der Waals surface area contributed by atoms with Crippen molar-refractivity contribution in [3.05, 3.63) is 52.2 Å². The third-order valence-corrected chi connectivity index (χ3v) is 3.70. The number of thioether (sulfide) groups is 1. The van der Waals surface area contributed by atoms with Gasteiger partial charge < -0.3 is 0 Å². The molecule has 1 aromatic rings. The summed E-state index contributed by atoms with van der Waals surface area (Å²) in [6.45, 7) is 3.61. The van der Waals surface area contributed by atoms with Crippen LogP contribution >= 0.6 is 23.4 Å². The first-order chi connectivity index (χ1) is 9.04. The molecule has 98 valence electrons. The van der Waals surface area contributed by atoms with Gasteiger partial charge in [0, 0.05) is 12.1 Å². The fourth-order valence-corrected chi connectivity index (χ4v) is 2.61. The highest BCUT2D eigenvalue weighted by Gasteiger charge is 2.34. The molecule has 19 heavy (non-hydrogen) atoms. The zero-order chi connectivity index (χ0) is 14.0. The first-order valence-electron chi connectivity index (χ1n) is 5.35. The molecule has 2 rings (SSSR count). The van der Waals surface area contributed by atoms with Gasteiger partial charge >= 0.3 is 0 Å². The number of carbonyl (C=O) groups excluding carboxylic acids is 2. The van der Waals surface area contributed by atoms with Gasteiger partial charge in [0.25, 0.3) is 11.1 Å². The van der Waals surface area contributed by atoms with Gasteiger partial charge in [-0.2, -0.15) is 0 Å². The third-order valence-electron chi connectivity index (χ3n) is 2.46. The summed E-state index contributed by atoms with van der Waals surface area (Å²) in [6.07, 6.45) is 2.75. The lowest BCUT2D eigenvalue weighted by Crippen LogP contribution is -2.27. The summed E-state index contributed by atoms with van der Waals surface area (Å²) in [5.41, 5.74) is 0.105. The van der Waals surface area contributed by atoms with E-state index < -0.39 is 17.0 Å². The normalized spacial score (nSPS) is 17.4. The molecule has 1 aliphatic heterocycles. The van der Waals surface area contributed by atoms with Gasteiger partial charge in [0.1, 0.15) is 5.82 Å². The Labute approximate surface area is 118 Å². The van der Waals surface area contributed by atoms with Crippen molar-refractivity contribution in [2.24, 2.45) is 0 Å². The van der Waals surface area contributed by atoms with E-state index in [-0.39, 0.29) is 22.0 Å². The Morgan fingerprint density at radius 2 is 2.16 bits per heavy atom. The summed E-state index contributed by atoms with van der Waals surface area (Å²) in [7, 11) is 0. The molecule has 1 aliphatic rings. The lowest BCUT2D eigenvalue weighted by molar-refractivity contribution is -0.122. The summed E-state index contributed by atoms with van der Waals surface area (Å²) in [6, 6.07) is 4.23. The summed E-state index contributed by atoms with van der Waals surface area (Å²) in [4.78, 5) is 24.7. The monoisotopic (exact) mass is 297 g/mol. The Kier molecular flexibility index (Phi) is 4.07. The molecular weight excluding hydrogens is 289 g/mol. The molecule has 0 aromatic heterocycles. The van der Waals surface area contributed by atoms with Crippen molar-refractivity contribution in [3.8, 4) is 0 Å². The second-order valence-electron chi connectivity index (χ2n) is 3.72. The number of carbonyl (C=O) groups is 2. The molecule has 3 nitrogen and oxygen atoms in total. The van der Waals surface area contributed by atoms with Crippen molar-refractivity contribution >= 4 is 40.6 Å². The van der Waals surface area contributed by atoms with Crippen LogP contribution in [0.25, 0.3) is 6.08 Å². The number of benzene rings is 1. The van der Waals surface area contributed by atoms with Crippen molar-refractivity contribution in [2.75, 3.05) is 6.54 Å². The Hall–Kier alpha value is -1.59. The lowest BCUT2D eigenvalue weighted by Gasteiger charge is -2.07. The molecule has 2 amide bonds. The summed E-state index contributed by atoms with van der Waals surface area (Å²) < 4.78 is 13.6. The van der Waals surface area contributed by atoms with Crippen molar-refractivity contribution in [1.82, 2.24) is 4.90 Å². The fourth-order valence-electron chi connectivity index (χ4n) is 1.57. The molecule has 1 heterocycles. The van der Waals surface area contributed by atoms with Crippen molar-refractivity contribution in [2.45, 2.75) is 0 Å². The molecule has 1 aromatic carbocycles. The molecule has 0 aliphatic carbocycles. The molecule has 0 atom stereocenters. The highest BCUT2D eigenvalue weighted by molar-refractivity contribution is 8.18. The van der Waals surface area contributed by atoms with Gasteiger partial charge in [-0.15, -0.1) is 6.58 Å². The highest BCUT2D eigenvalue weighted by Crippen LogP contribution is 2.33. The largest absolute Gasteiger partial charge is 0.293 e. The van der Waals surface area contributed by atoms with Gasteiger partial charge in [-0.05, 0) is 30.0 Å². The van der Waals surface area contributed by atoms with E-state index in [1.165, 1.54) is 30.4 Å². The van der Waals surface area contributed by atoms with Crippen LogP contribution in [0, 0.1) is 5.82 Å². The molecular formula is C13H9ClFNO2S. The molecule has 0 unspecified atom stereocenters. The highest BCUT2D eigenvalue weighted by atomic mass is 35.5. The smallest absolute Gasteiger partial charge is 0.268 e. The second kappa shape index (κ2) is 5.59. The summed E-state index contributed by atoms with van der Waals surface area (Å²) in [5.74, 6) is -1.00. The van der Waals surface area contributed by atoms with Gasteiger partial charge in [-0.1, -0.05) is 23.7 Å². The van der Waals surface area contributed by atoms with Gasteiger partial charge in [-0.25, -0.2) is 4.39 Å². The fraction of sp³-hybridized carbons (Fsp3) is 0.0769.